The van der Waals surface area contributed by atoms with E-state index in [-0.39, 0.29) is 12.5 Å². The number of hydrogen-bond donors (Lipinski definition) is 2. The van der Waals surface area contributed by atoms with Crippen LogP contribution in [0, 0.1) is 0 Å². The molecule has 0 aliphatic heterocycles. The van der Waals surface area contributed by atoms with E-state index in [0.29, 0.717) is 12.5 Å². The number of nitrogens with zero attached hydrogens (tertiary/aromatic N) is 2. The van der Waals surface area contributed by atoms with Crippen molar-refractivity contribution in [1.29, 1.82) is 0 Å². The molecule has 2 aromatic rings. The van der Waals surface area contributed by atoms with Crippen molar-refractivity contribution in [2.45, 2.75) is 23.3 Å². The first kappa shape index (κ1) is 19.8. The molecule has 0 radical (unpaired) electrons. The highest BCUT2D eigenvalue weighted by atomic mass is 32.2. The maximum absolute atomic E-state index is 11.7. The molecule has 0 aliphatic carbocycles. The van der Waals surface area contributed by atoms with Crippen LogP contribution >= 0.6 is 11.8 Å². The summed E-state index contributed by atoms with van der Waals surface area (Å²) in [5.41, 5.74) is 1.12. The van der Waals surface area contributed by atoms with Crippen molar-refractivity contribution >= 4 is 23.6 Å². The van der Waals surface area contributed by atoms with Crippen LogP contribution in [0.25, 0.3) is 0 Å². The van der Waals surface area contributed by atoms with Gasteiger partial charge in [-0.1, -0.05) is 42.1 Å². The predicted octanol–water partition coefficient (Wildman–Crippen LogP) is 2.98. The van der Waals surface area contributed by atoms with Crippen molar-refractivity contribution in [2.75, 3.05) is 27.2 Å². The molecule has 1 amide bonds. The Morgan fingerprint density at radius 3 is 2.27 bits per heavy atom. The summed E-state index contributed by atoms with van der Waals surface area (Å²) in [6.07, 6.45) is 0. The minimum Gasteiger partial charge on any atom is -0.357 e. The first-order valence-electron chi connectivity index (χ1n) is 8.62. The molecule has 0 fully saturated rings. The van der Waals surface area contributed by atoms with Crippen LogP contribution < -0.4 is 10.6 Å². The van der Waals surface area contributed by atoms with Crippen molar-refractivity contribution in [3.05, 3.63) is 60.2 Å². The molecule has 0 spiro atoms. The Kier molecular flexibility index (Phi) is 8.02. The number of hydrogen-bond acceptors (Lipinski definition) is 3. The molecule has 0 bridgehead atoms. The topological polar surface area (TPSA) is 56.7 Å². The summed E-state index contributed by atoms with van der Waals surface area (Å²) in [6, 6.07) is 18.7. The van der Waals surface area contributed by atoms with E-state index in [1.807, 2.05) is 25.1 Å². The number of guanidine groups is 1. The van der Waals surface area contributed by atoms with Gasteiger partial charge in [-0.3, -0.25) is 4.79 Å². The van der Waals surface area contributed by atoms with Crippen molar-refractivity contribution in [1.82, 2.24) is 15.5 Å². The zero-order valence-electron chi connectivity index (χ0n) is 15.5. The third-order valence-corrected chi connectivity index (χ3v) is 4.59. The Morgan fingerprint density at radius 1 is 1.00 bits per heavy atom. The SMILES string of the molecule is CCNC(=NCc1ccc(Sc2ccccc2)cc1)NCC(=O)N(C)C. The van der Waals surface area contributed by atoms with Crippen molar-refractivity contribution in [3.8, 4) is 0 Å². The fourth-order valence-electron chi connectivity index (χ4n) is 2.12. The summed E-state index contributed by atoms with van der Waals surface area (Å²) < 4.78 is 0. The molecule has 0 saturated heterocycles. The van der Waals surface area contributed by atoms with E-state index in [0.717, 1.165) is 12.1 Å². The largest absolute Gasteiger partial charge is 0.357 e. The summed E-state index contributed by atoms with van der Waals surface area (Å²) >= 11 is 1.74. The molecule has 2 aromatic carbocycles. The second-order valence-corrected chi connectivity index (χ2v) is 7.04. The lowest BCUT2D eigenvalue weighted by Crippen LogP contribution is -2.42. The van der Waals surface area contributed by atoms with Gasteiger partial charge < -0.3 is 15.5 Å². The number of carbonyl (C=O) groups excluding carboxylic acids is 1. The summed E-state index contributed by atoms with van der Waals surface area (Å²) in [4.78, 5) is 20.2. The molecule has 2 N–H and O–H groups in total. The minimum atomic E-state index is 0.0119. The second kappa shape index (κ2) is 10.5. The van der Waals surface area contributed by atoms with Crippen molar-refractivity contribution < 1.29 is 4.79 Å². The van der Waals surface area contributed by atoms with Crippen molar-refractivity contribution in [3.63, 3.8) is 0 Å². The number of rotatable bonds is 7. The van der Waals surface area contributed by atoms with Crippen LogP contribution in [0.4, 0.5) is 0 Å². The van der Waals surface area contributed by atoms with Gasteiger partial charge in [-0.15, -0.1) is 0 Å². The van der Waals surface area contributed by atoms with Crippen LogP contribution in [-0.2, 0) is 11.3 Å². The minimum absolute atomic E-state index is 0.0119. The molecule has 0 heterocycles. The molecule has 6 heteroatoms. The fraction of sp³-hybridized carbons (Fsp3) is 0.300. The van der Waals surface area contributed by atoms with E-state index in [1.54, 1.807) is 30.8 Å². The monoisotopic (exact) mass is 370 g/mol. The van der Waals surface area contributed by atoms with Gasteiger partial charge in [-0.25, -0.2) is 4.99 Å². The van der Waals surface area contributed by atoms with E-state index >= 15 is 0 Å². The highest BCUT2D eigenvalue weighted by molar-refractivity contribution is 7.99. The Morgan fingerprint density at radius 2 is 1.65 bits per heavy atom. The van der Waals surface area contributed by atoms with Gasteiger partial charge in [0.15, 0.2) is 5.96 Å². The average Bonchev–Trinajstić information content (AvgIpc) is 2.65. The lowest BCUT2D eigenvalue weighted by molar-refractivity contribution is -0.127. The molecule has 0 unspecified atom stereocenters. The summed E-state index contributed by atoms with van der Waals surface area (Å²) in [6.45, 7) is 3.53. The van der Waals surface area contributed by atoms with Gasteiger partial charge in [0, 0.05) is 30.4 Å². The molecule has 26 heavy (non-hydrogen) atoms. The van der Waals surface area contributed by atoms with Gasteiger partial charge in [0.05, 0.1) is 13.1 Å². The molecular formula is C20H26N4OS. The van der Waals surface area contributed by atoms with Gasteiger partial charge in [-0.2, -0.15) is 0 Å². The zero-order chi connectivity index (χ0) is 18.8. The molecular weight excluding hydrogens is 344 g/mol. The Bertz CT molecular complexity index is 714. The van der Waals surface area contributed by atoms with Crippen LogP contribution in [0.1, 0.15) is 12.5 Å². The van der Waals surface area contributed by atoms with Crippen LogP contribution in [0.15, 0.2) is 69.4 Å². The van der Waals surface area contributed by atoms with E-state index in [9.17, 15) is 4.79 Å². The van der Waals surface area contributed by atoms with Crippen LogP contribution in [-0.4, -0.2) is 44.0 Å². The Hall–Kier alpha value is -2.47. The maximum Gasteiger partial charge on any atom is 0.241 e. The second-order valence-electron chi connectivity index (χ2n) is 5.90. The normalized spacial score (nSPS) is 11.1. The predicted molar refractivity (Wildman–Crippen MR) is 109 cm³/mol. The third-order valence-electron chi connectivity index (χ3n) is 3.57. The summed E-state index contributed by atoms with van der Waals surface area (Å²) in [5, 5.41) is 6.21. The lowest BCUT2D eigenvalue weighted by Gasteiger charge is -2.14. The number of likely N-dealkylation sites (N-methyl/N-ethyl adjacent to an activating group) is 1. The third kappa shape index (κ3) is 6.80. The van der Waals surface area contributed by atoms with E-state index < -0.39 is 0 Å². The summed E-state index contributed by atoms with van der Waals surface area (Å²) in [7, 11) is 3.48. The number of nitrogens with one attached hydrogen (secondary N) is 2. The summed E-state index contributed by atoms with van der Waals surface area (Å²) in [5.74, 6) is 0.656. The van der Waals surface area contributed by atoms with E-state index in [1.165, 1.54) is 9.79 Å². The molecule has 0 saturated carbocycles. The average molecular weight is 371 g/mol. The standard InChI is InChI=1S/C20H26N4OS/c1-4-21-20(23-15-19(25)24(2)3)22-14-16-10-12-18(13-11-16)26-17-8-6-5-7-9-17/h5-13H,4,14-15H2,1-3H3,(H2,21,22,23). The van der Waals surface area contributed by atoms with Crippen LogP contribution in [0.5, 0.6) is 0 Å². The van der Waals surface area contributed by atoms with E-state index in [4.69, 9.17) is 0 Å². The first-order chi connectivity index (χ1) is 12.6. The Balaban J connectivity index is 1.92. The first-order valence-corrected chi connectivity index (χ1v) is 9.44. The smallest absolute Gasteiger partial charge is 0.241 e. The van der Waals surface area contributed by atoms with Gasteiger partial charge in [0.1, 0.15) is 0 Å². The number of aliphatic imine (C=N–C) groups is 1. The highest BCUT2D eigenvalue weighted by Crippen LogP contribution is 2.27. The van der Waals surface area contributed by atoms with E-state index in [2.05, 4.69) is 52.0 Å². The Labute approximate surface area is 159 Å². The molecule has 0 atom stereocenters. The van der Waals surface area contributed by atoms with Gasteiger partial charge in [-0.05, 0) is 36.8 Å². The van der Waals surface area contributed by atoms with Gasteiger partial charge in [0.2, 0.25) is 5.91 Å². The number of carbonyl (C=O) groups is 1. The van der Waals surface area contributed by atoms with Crippen molar-refractivity contribution in [2.24, 2.45) is 4.99 Å². The van der Waals surface area contributed by atoms with Gasteiger partial charge >= 0.3 is 0 Å². The van der Waals surface area contributed by atoms with Gasteiger partial charge in [0.25, 0.3) is 0 Å². The molecule has 5 nitrogen and oxygen atoms in total. The molecule has 138 valence electrons. The highest BCUT2D eigenvalue weighted by Gasteiger charge is 2.05. The molecule has 0 aromatic heterocycles. The number of benzene rings is 2. The zero-order valence-corrected chi connectivity index (χ0v) is 16.3. The van der Waals surface area contributed by atoms with Crippen LogP contribution in [0.2, 0.25) is 0 Å². The van der Waals surface area contributed by atoms with Crippen LogP contribution in [0.3, 0.4) is 0 Å². The number of amides is 1. The molecule has 2 rings (SSSR count). The maximum atomic E-state index is 11.7. The molecule has 0 aliphatic rings. The fourth-order valence-corrected chi connectivity index (χ4v) is 2.95. The lowest BCUT2D eigenvalue weighted by atomic mass is 10.2. The quantitative estimate of drug-likeness (QED) is 0.581.